The molecule has 0 radical (unpaired) electrons. The lowest BCUT2D eigenvalue weighted by Gasteiger charge is -2.43. The first-order valence-electron chi connectivity index (χ1n) is 10.8. The van der Waals surface area contributed by atoms with Crippen LogP contribution in [-0.4, -0.2) is 91.3 Å². The number of carbonyl (C=O) groups excluding carboxylic acids is 2. The van der Waals surface area contributed by atoms with Crippen molar-refractivity contribution in [2.75, 3.05) is 63.8 Å². The van der Waals surface area contributed by atoms with Gasteiger partial charge in [-0.3, -0.25) is 19.4 Å². The van der Waals surface area contributed by atoms with Crippen molar-refractivity contribution in [2.24, 2.45) is 0 Å². The lowest BCUT2D eigenvalue weighted by atomic mass is 9.91. The summed E-state index contributed by atoms with van der Waals surface area (Å²) >= 11 is 6.41. The van der Waals surface area contributed by atoms with Gasteiger partial charge in [0.05, 0.1) is 17.3 Å². The summed E-state index contributed by atoms with van der Waals surface area (Å²) in [5, 5.41) is 0.617. The number of piperazine rings is 2. The Kier molecular flexibility index (Phi) is 6.42. The van der Waals surface area contributed by atoms with Crippen molar-refractivity contribution < 1.29 is 9.59 Å². The Balaban J connectivity index is 1.24. The van der Waals surface area contributed by atoms with E-state index in [0.29, 0.717) is 17.1 Å². The Bertz CT molecular complexity index is 751. The molecule has 0 unspecified atom stereocenters. The summed E-state index contributed by atoms with van der Waals surface area (Å²) in [6.45, 7) is 9.21. The molecule has 2 saturated heterocycles. The summed E-state index contributed by atoms with van der Waals surface area (Å²) in [4.78, 5) is 33.3. The highest BCUT2D eigenvalue weighted by Gasteiger charge is 2.30. The Morgan fingerprint density at radius 3 is 2.24 bits per heavy atom. The minimum atomic E-state index is 0.0234. The van der Waals surface area contributed by atoms with Crippen LogP contribution in [0.2, 0.25) is 5.02 Å². The van der Waals surface area contributed by atoms with Gasteiger partial charge in [0, 0.05) is 64.0 Å². The predicted molar refractivity (Wildman–Crippen MR) is 116 cm³/mol. The Morgan fingerprint density at radius 2 is 1.69 bits per heavy atom. The minimum absolute atomic E-state index is 0.0234. The third-order valence-corrected chi connectivity index (χ3v) is 6.99. The number of anilines is 1. The van der Waals surface area contributed by atoms with Gasteiger partial charge < -0.3 is 9.80 Å². The maximum absolute atomic E-state index is 12.7. The quantitative estimate of drug-likeness (QED) is 0.687. The highest BCUT2D eigenvalue weighted by molar-refractivity contribution is 6.33. The molecule has 1 aromatic carbocycles. The molecule has 4 rings (SSSR count). The van der Waals surface area contributed by atoms with Gasteiger partial charge in [-0.05, 0) is 38.0 Å². The van der Waals surface area contributed by atoms with Crippen LogP contribution in [0.25, 0.3) is 0 Å². The second-order valence-corrected chi connectivity index (χ2v) is 8.89. The minimum Gasteiger partial charge on any atom is -0.368 e. The number of rotatable bonds is 5. The average molecular weight is 419 g/mol. The Morgan fingerprint density at radius 1 is 1.00 bits per heavy atom. The number of hydrogen-bond acceptors (Lipinski definition) is 5. The van der Waals surface area contributed by atoms with Crippen LogP contribution in [0.4, 0.5) is 5.69 Å². The number of benzene rings is 1. The molecule has 158 valence electrons. The van der Waals surface area contributed by atoms with Crippen molar-refractivity contribution >= 4 is 29.0 Å². The third kappa shape index (κ3) is 4.76. The van der Waals surface area contributed by atoms with E-state index in [4.69, 9.17) is 11.6 Å². The molecule has 0 bridgehead atoms. The highest BCUT2D eigenvalue weighted by Crippen LogP contribution is 2.28. The molecule has 1 aliphatic carbocycles. The van der Waals surface area contributed by atoms with Crippen LogP contribution in [0.1, 0.15) is 36.5 Å². The summed E-state index contributed by atoms with van der Waals surface area (Å²) < 4.78 is 0. The lowest BCUT2D eigenvalue weighted by molar-refractivity contribution is -0.134. The molecule has 3 fully saturated rings. The first-order valence-corrected chi connectivity index (χ1v) is 11.2. The number of hydrogen-bond donors (Lipinski definition) is 0. The van der Waals surface area contributed by atoms with E-state index in [1.165, 1.54) is 19.3 Å². The third-order valence-electron chi connectivity index (χ3n) is 6.68. The number of Topliss-reactive ketones (excluding diaryl/α,β-unsaturated/α-hetero) is 1. The summed E-state index contributed by atoms with van der Waals surface area (Å²) in [5.41, 5.74) is 1.61. The van der Waals surface area contributed by atoms with E-state index < -0.39 is 0 Å². The normalized spacial score (nSPS) is 21.9. The molecule has 1 saturated carbocycles. The zero-order chi connectivity index (χ0) is 20.4. The van der Waals surface area contributed by atoms with Crippen LogP contribution >= 0.6 is 11.6 Å². The van der Waals surface area contributed by atoms with Gasteiger partial charge in [0.25, 0.3) is 0 Å². The van der Waals surface area contributed by atoms with E-state index in [0.717, 1.165) is 64.1 Å². The van der Waals surface area contributed by atoms with Crippen LogP contribution in [0, 0.1) is 0 Å². The first kappa shape index (κ1) is 20.6. The van der Waals surface area contributed by atoms with E-state index in [1.54, 1.807) is 13.0 Å². The molecule has 1 amide bonds. The number of ketones is 1. The highest BCUT2D eigenvalue weighted by atomic mass is 35.5. The molecule has 2 aliphatic heterocycles. The maximum atomic E-state index is 12.7. The topological polar surface area (TPSA) is 47.1 Å². The molecule has 3 aliphatic rings. The van der Waals surface area contributed by atoms with Gasteiger partial charge in [0.2, 0.25) is 5.91 Å². The molecule has 0 spiro atoms. The van der Waals surface area contributed by atoms with E-state index in [2.05, 4.69) is 14.7 Å². The van der Waals surface area contributed by atoms with E-state index in [-0.39, 0.29) is 11.7 Å². The van der Waals surface area contributed by atoms with Crippen molar-refractivity contribution in [3.05, 3.63) is 28.8 Å². The number of halogens is 1. The van der Waals surface area contributed by atoms with Gasteiger partial charge in [-0.25, -0.2) is 0 Å². The SMILES string of the molecule is CC(=O)c1ccc(N2CCN(CC(=O)N3CCN(C4CCC4)CC3)CC2)c(Cl)c1. The fraction of sp³-hybridized carbons (Fsp3) is 0.636. The molecular weight excluding hydrogens is 388 g/mol. The fourth-order valence-corrected chi connectivity index (χ4v) is 4.81. The Hall–Kier alpha value is -1.63. The first-order chi connectivity index (χ1) is 14.0. The summed E-state index contributed by atoms with van der Waals surface area (Å²) in [7, 11) is 0. The second-order valence-electron chi connectivity index (χ2n) is 8.49. The van der Waals surface area contributed by atoms with Gasteiger partial charge >= 0.3 is 0 Å². The molecule has 6 nitrogen and oxygen atoms in total. The van der Waals surface area contributed by atoms with Crippen LogP contribution in [0.3, 0.4) is 0 Å². The van der Waals surface area contributed by atoms with Crippen molar-refractivity contribution in [2.45, 2.75) is 32.2 Å². The van der Waals surface area contributed by atoms with E-state index in [9.17, 15) is 9.59 Å². The van der Waals surface area contributed by atoms with Crippen LogP contribution in [0.5, 0.6) is 0 Å². The molecule has 29 heavy (non-hydrogen) atoms. The lowest BCUT2D eigenvalue weighted by Crippen LogP contribution is -2.56. The number of carbonyl (C=O) groups is 2. The van der Waals surface area contributed by atoms with Crippen molar-refractivity contribution in [3.8, 4) is 0 Å². The molecule has 7 heteroatoms. The zero-order valence-electron chi connectivity index (χ0n) is 17.3. The summed E-state index contributed by atoms with van der Waals surface area (Å²) in [6.07, 6.45) is 4.03. The van der Waals surface area contributed by atoms with Crippen molar-refractivity contribution in [1.29, 1.82) is 0 Å². The number of amides is 1. The number of nitrogens with zero attached hydrogens (tertiary/aromatic N) is 4. The van der Waals surface area contributed by atoms with Crippen molar-refractivity contribution in [3.63, 3.8) is 0 Å². The fourth-order valence-electron chi connectivity index (χ4n) is 4.51. The van der Waals surface area contributed by atoms with Gasteiger partial charge in [-0.2, -0.15) is 0 Å². The van der Waals surface area contributed by atoms with E-state index >= 15 is 0 Å². The molecule has 0 atom stereocenters. The van der Waals surface area contributed by atoms with Gasteiger partial charge in [-0.1, -0.05) is 18.0 Å². The van der Waals surface area contributed by atoms with E-state index in [1.807, 2.05) is 17.0 Å². The second kappa shape index (κ2) is 9.02. The van der Waals surface area contributed by atoms with Gasteiger partial charge in [-0.15, -0.1) is 0 Å². The van der Waals surface area contributed by atoms with Crippen LogP contribution in [-0.2, 0) is 4.79 Å². The molecule has 0 N–H and O–H groups in total. The maximum Gasteiger partial charge on any atom is 0.236 e. The van der Waals surface area contributed by atoms with Gasteiger partial charge in [0.1, 0.15) is 0 Å². The molecule has 2 heterocycles. The molecular formula is C22H31ClN4O2. The van der Waals surface area contributed by atoms with Gasteiger partial charge in [0.15, 0.2) is 5.78 Å². The van der Waals surface area contributed by atoms with Crippen LogP contribution in [0.15, 0.2) is 18.2 Å². The monoisotopic (exact) mass is 418 g/mol. The summed E-state index contributed by atoms with van der Waals surface area (Å²) in [5.74, 6) is 0.283. The molecule has 0 aromatic heterocycles. The zero-order valence-corrected chi connectivity index (χ0v) is 18.0. The smallest absolute Gasteiger partial charge is 0.236 e. The standard InChI is InChI=1S/C22H31ClN4O2/c1-17(28)18-5-6-21(20(23)15-18)26-9-7-24(8-10-26)16-22(29)27-13-11-25(12-14-27)19-3-2-4-19/h5-6,15,19H,2-4,7-14,16H2,1H3. The predicted octanol–water partition coefficient (Wildman–Crippen LogP) is 2.36. The largest absolute Gasteiger partial charge is 0.368 e. The van der Waals surface area contributed by atoms with Crippen molar-refractivity contribution in [1.82, 2.24) is 14.7 Å². The molecule has 1 aromatic rings. The van der Waals surface area contributed by atoms with Crippen LogP contribution < -0.4 is 4.90 Å². The summed E-state index contributed by atoms with van der Waals surface area (Å²) in [6, 6.07) is 6.29. The average Bonchev–Trinajstić information content (AvgIpc) is 2.68. The Labute approximate surface area is 178 Å².